The molecule has 3 heteroatoms. The summed E-state index contributed by atoms with van der Waals surface area (Å²) < 4.78 is 0. The summed E-state index contributed by atoms with van der Waals surface area (Å²) in [6.07, 6.45) is 14.3. The molecule has 0 radical (unpaired) electrons. The van der Waals surface area contributed by atoms with E-state index in [-0.39, 0.29) is 0 Å². The van der Waals surface area contributed by atoms with Crippen molar-refractivity contribution in [3.05, 3.63) is 29.6 Å². The predicted octanol–water partition coefficient (Wildman–Crippen LogP) is 3.47. The fraction of sp³-hybridized carbons (Fsp3) is 0.667. The zero-order valence-electron chi connectivity index (χ0n) is 13.0. The Morgan fingerprint density at radius 3 is 2.81 bits per heavy atom. The Morgan fingerprint density at radius 1 is 1.19 bits per heavy atom. The number of aliphatic imine (C=N–C) groups is 1. The molecule has 114 valence electrons. The number of likely N-dealkylation sites (tertiary alicyclic amines) is 1. The number of unbranched alkanes of at least 4 members (excludes halogenated alkanes) is 3. The lowest BCUT2D eigenvalue weighted by Gasteiger charge is -2.30. The molecule has 1 saturated carbocycles. The first kappa shape index (κ1) is 14.7. The summed E-state index contributed by atoms with van der Waals surface area (Å²) in [5.74, 6) is 0. The molecule has 0 bridgehead atoms. The van der Waals surface area contributed by atoms with Gasteiger partial charge < -0.3 is 4.90 Å². The van der Waals surface area contributed by atoms with Gasteiger partial charge in [0, 0.05) is 18.1 Å². The van der Waals surface area contributed by atoms with E-state index < -0.39 is 0 Å². The van der Waals surface area contributed by atoms with Crippen LogP contribution in [0.2, 0.25) is 0 Å². The molecule has 0 unspecified atom stereocenters. The third kappa shape index (κ3) is 5.24. The van der Waals surface area contributed by atoms with Crippen molar-refractivity contribution in [3.63, 3.8) is 0 Å². The van der Waals surface area contributed by atoms with Crippen LogP contribution in [0.5, 0.6) is 0 Å². The summed E-state index contributed by atoms with van der Waals surface area (Å²) in [7, 11) is 0. The number of hydrogen-bond donors (Lipinski definition) is 0. The number of aromatic nitrogens is 1. The molecule has 3 nitrogen and oxygen atoms in total. The Labute approximate surface area is 128 Å². The molecule has 1 aromatic heterocycles. The van der Waals surface area contributed by atoms with Gasteiger partial charge in [-0.25, -0.2) is 0 Å². The normalized spacial score (nSPS) is 19.0. The molecule has 1 saturated heterocycles. The highest BCUT2D eigenvalue weighted by Crippen LogP contribution is 2.23. The number of hydrogen-bond acceptors (Lipinski definition) is 3. The van der Waals surface area contributed by atoms with E-state index in [4.69, 9.17) is 0 Å². The summed E-state index contributed by atoms with van der Waals surface area (Å²) in [6.45, 7) is 3.98. The molecule has 2 heterocycles. The molecular weight excluding hydrogens is 258 g/mol. The largest absolute Gasteiger partial charge is 0.303 e. The SMILES string of the molecule is C(=NC1CC1)c1ccnc(CCCCCCN2CCC2)c1. The van der Waals surface area contributed by atoms with Crippen LogP contribution in [0.4, 0.5) is 0 Å². The minimum Gasteiger partial charge on any atom is -0.303 e. The van der Waals surface area contributed by atoms with Crippen LogP contribution in [0.15, 0.2) is 23.3 Å². The van der Waals surface area contributed by atoms with Gasteiger partial charge in [-0.15, -0.1) is 0 Å². The van der Waals surface area contributed by atoms with E-state index in [0.717, 1.165) is 6.42 Å². The second-order valence-corrected chi connectivity index (χ2v) is 6.45. The van der Waals surface area contributed by atoms with Gasteiger partial charge in [-0.1, -0.05) is 12.8 Å². The predicted molar refractivity (Wildman–Crippen MR) is 88.1 cm³/mol. The van der Waals surface area contributed by atoms with Crippen molar-refractivity contribution in [2.75, 3.05) is 19.6 Å². The zero-order valence-corrected chi connectivity index (χ0v) is 13.0. The zero-order chi connectivity index (χ0) is 14.3. The highest BCUT2D eigenvalue weighted by atomic mass is 15.2. The minimum absolute atomic E-state index is 0.605. The summed E-state index contributed by atoms with van der Waals surface area (Å²) in [5.41, 5.74) is 2.43. The highest BCUT2D eigenvalue weighted by Gasteiger charge is 2.18. The molecule has 0 amide bonds. The molecule has 0 aromatic carbocycles. The quantitative estimate of drug-likeness (QED) is 0.513. The van der Waals surface area contributed by atoms with Crippen LogP contribution in [-0.4, -0.2) is 41.8 Å². The van der Waals surface area contributed by atoms with Crippen molar-refractivity contribution in [1.82, 2.24) is 9.88 Å². The van der Waals surface area contributed by atoms with Gasteiger partial charge in [-0.3, -0.25) is 9.98 Å². The molecular formula is C18H27N3. The van der Waals surface area contributed by atoms with E-state index in [1.165, 1.54) is 75.8 Å². The van der Waals surface area contributed by atoms with Gasteiger partial charge >= 0.3 is 0 Å². The van der Waals surface area contributed by atoms with E-state index in [9.17, 15) is 0 Å². The maximum Gasteiger partial charge on any atom is 0.0501 e. The van der Waals surface area contributed by atoms with E-state index in [0.29, 0.717) is 6.04 Å². The third-order valence-corrected chi connectivity index (χ3v) is 4.43. The highest BCUT2D eigenvalue weighted by molar-refractivity contribution is 5.79. The Hall–Kier alpha value is -1.22. The topological polar surface area (TPSA) is 28.5 Å². The molecule has 0 N–H and O–H groups in total. The van der Waals surface area contributed by atoms with Gasteiger partial charge in [-0.05, 0) is 75.9 Å². The van der Waals surface area contributed by atoms with Gasteiger partial charge in [0.1, 0.15) is 0 Å². The lowest BCUT2D eigenvalue weighted by molar-refractivity contribution is 0.177. The molecule has 1 aliphatic heterocycles. The molecule has 0 atom stereocenters. The van der Waals surface area contributed by atoms with E-state index in [1.54, 1.807) is 0 Å². The smallest absolute Gasteiger partial charge is 0.0501 e. The van der Waals surface area contributed by atoms with Crippen molar-refractivity contribution in [2.45, 2.75) is 57.4 Å². The van der Waals surface area contributed by atoms with Crippen LogP contribution in [0.3, 0.4) is 0 Å². The molecule has 2 aliphatic rings. The number of rotatable bonds is 9. The van der Waals surface area contributed by atoms with Crippen molar-refractivity contribution in [2.24, 2.45) is 4.99 Å². The van der Waals surface area contributed by atoms with Crippen molar-refractivity contribution < 1.29 is 0 Å². The fourth-order valence-corrected chi connectivity index (χ4v) is 2.73. The van der Waals surface area contributed by atoms with Crippen LogP contribution in [0.1, 0.15) is 56.2 Å². The first-order valence-corrected chi connectivity index (χ1v) is 8.60. The molecule has 1 aliphatic carbocycles. The van der Waals surface area contributed by atoms with Gasteiger partial charge in [0.2, 0.25) is 0 Å². The number of aryl methyl sites for hydroxylation is 1. The Morgan fingerprint density at radius 2 is 2.05 bits per heavy atom. The first-order valence-electron chi connectivity index (χ1n) is 8.60. The average Bonchev–Trinajstić information content (AvgIpc) is 3.27. The molecule has 2 fully saturated rings. The Bertz CT molecular complexity index is 461. The lowest BCUT2D eigenvalue weighted by atomic mass is 10.1. The van der Waals surface area contributed by atoms with E-state index in [2.05, 4.69) is 27.0 Å². The lowest BCUT2D eigenvalue weighted by Crippen LogP contribution is -2.37. The monoisotopic (exact) mass is 285 g/mol. The molecule has 0 spiro atoms. The molecule has 21 heavy (non-hydrogen) atoms. The summed E-state index contributed by atoms with van der Waals surface area (Å²) >= 11 is 0. The minimum atomic E-state index is 0.605. The fourth-order valence-electron chi connectivity index (χ4n) is 2.73. The molecule has 3 rings (SSSR count). The third-order valence-electron chi connectivity index (χ3n) is 4.43. The average molecular weight is 285 g/mol. The maximum absolute atomic E-state index is 4.54. The van der Waals surface area contributed by atoms with E-state index >= 15 is 0 Å². The number of nitrogens with zero attached hydrogens (tertiary/aromatic N) is 3. The van der Waals surface area contributed by atoms with Gasteiger partial charge in [0.25, 0.3) is 0 Å². The van der Waals surface area contributed by atoms with Gasteiger partial charge in [-0.2, -0.15) is 0 Å². The van der Waals surface area contributed by atoms with Crippen LogP contribution in [-0.2, 0) is 6.42 Å². The standard InChI is InChI=1S/C18H27N3/c1(2-4-11-21-12-5-13-21)3-6-18-14-16(9-10-19-18)15-20-17-7-8-17/h9-10,14-15,17H,1-8,11-13H2. The van der Waals surface area contributed by atoms with Crippen molar-refractivity contribution in [3.8, 4) is 0 Å². The second-order valence-electron chi connectivity index (χ2n) is 6.45. The number of pyridine rings is 1. The van der Waals surface area contributed by atoms with Crippen molar-refractivity contribution in [1.29, 1.82) is 0 Å². The van der Waals surface area contributed by atoms with Crippen molar-refractivity contribution >= 4 is 6.21 Å². The van der Waals surface area contributed by atoms with Crippen LogP contribution >= 0.6 is 0 Å². The summed E-state index contributed by atoms with van der Waals surface area (Å²) in [6, 6.07) is 4.86. The molecule has 1 aromatic rings. The Balaban J connectivity index is 1.31. The first-order chi connectivity index (χ1) is 10.4. The van der Waals surface area contributed by atoms with Gasteiger partial charge in [0.05, 0.1) is 6.04 Å². The van der Waals surface area contributed by atoms with Gasteiger partial charge in [0.15, 0.2) is 0 Å². The van der Waals surface area contributed by atoms with E-state index in [1.807, 2.05) is 12.4 Å². The van der Waals surface area contributed by atoms with Crippen LogP contribution in [0, 0.1) is 0 Å². The summed E-state index contributed by atoms with van der Waals surface area (Å²) in [4.78, 5) is 11.6. The Kier molecular flexibility index (Phi) is 5.39. The van der Waals surface area contributed by atoms with Crippen LogP contribution in [0.25, 0.3) is 0 Å². The maximum atomic E-state index is 4.54. The summed E-state index contributed by atoms with van der Waals surface area (Å²) in [5, 5.41) is 0. The van der Waals surface area contributed by atoms with Crippen LogP contribution < -0.4 is 0 Å². The second kappa shape index (κ2) is 7.69.